The zero-order valence-corrected chi connectivity index (χ0v) is 13.9. The first-order chi connectivity index (χ1) is 10.6. The topological polar surface area (TPSA) is 58.2 Å². The van der Waals surface area contributed by atoms with E-state index in [9.17, 15) is 22.8 Å². The zero-order chi connectivity index (χ0) is 17.6. The van der Waals surface area contributed by atoms with Gasteiger partial charge in [-0.3, -0.25) is 9.59 Å². The number of benzene rings is 1. The molecule has 0 aliphatic carbocycles. The van der Waals surface area contributed by atoms with Crippen molar-refractivity contribution in [3.63, 3.8) is 0 Å². The molecule has 1 aromatic rings. The van der Waals surface area contributed by atoms with Crippen LogP contribution in [0.2, 0.25) is 0 Å². The van der Waals surface area contributed by atoms with Crippen LogP contribution in [0.5, 0.6) is 0 Å². The second kappa shape index (κ2) is 8.24. The predicted molar refractivity (Wildman–Crippen MR) is 85.7 cm³/mol. The van der Waals surface area contributed by atoms with Gasteiger partial charge in [-0.15, -0.1) is 0 Å². The van der Waals surface area contributed by atoms with Gasteiger partial charge in [-0.05, 0) is 43.6 Å². The summed E-state index contributed by atoms with van der Waals surface area (Å²) >= 11 is 1.62. The number of halogens is 3. The van der Waals surface area contributed by atoms with Crippen molar-refractivity contribution >= 4 is 29.3 Å². The molecular formula is C15H19F3N2O2S. The summed E-state index contributed by atoms with van der Waals surface area (Å²) in [6.45, 7) is 2.97. The molecule has 0 aromatic heterocycles. The van der Waals surface area contributed by atoms with Crippen LogP contribution in [-0.2, 0) is 11.0 Å². The Morgan fingerprint density at radius 1 is 1.26 bits per heavy atom. The van der Waals surface area contributed by atoms with Crippen molar-refractivity contribution in [3.8, 4) is 0 Å². The Bertz CT molecular complexity index is 576. The maximum absolute atomic E-state index is 12.9. The molecule has 0 aliphatic heterocycles. The molecule has 4 nitrogen and oxygen atoms in total. The second-order valence-corrected chi connectivity index (χ2v) is 6.12. The third kappa shape index (κ3) is 6.52. The monoisotopic (exact) mass is 348 g/mol. The SMILES string of the molecule is CSCC[C@H](C)NC(=O)c1cc(NC(C)=O)cc(C(F)(F)F)c1. The number of nitrogens with one attached hydrogen (secondary N) is 2. The van der Waals surface area contributed by atoms with Gasteiger partial charge in [0.15, 0.2) is 0 Å². The van der Waals surface area contributed by atoms with Crippen molar-refractivity contribution in [1.29, 1.82) is 0 Å². The van der Waals surface area contributed by atoms with Crippen molar-refractivity contribution in [2.24, 2.45) is 0 Å². The third-order valence-electron chi connectivity index (χ3n) is 2.98. The largest absolute Gasteiger partial charge is 0.416 e. The van der Waals surface area contributed by atoms with Gasteiger partial charge in [0.2, 0.25) is 5.91 Å². The summed E-state index contributed by atoms with van der Waals surface area (Å²) in [4.78, 5) is 23.2. The van der Waals surface area contributed by atoms with Crippen LogP contribution in [-0.4, -0.2) is 29.9 Å². The Labute approximate surface area is 137 Å². The van der Waals surface area contributed by atoms with Crippen molar-refractivity contribution < 1.29 is 22.8 Å². The lowest BCUT2D eigenvalue weighted by Gasteiger charge is -2.16. The molecule has 0 bridgehead atoms. The van der Waals surface area contributed by atoms with Crippen LogP contribution in [0.25, 0.3) is 0 Å². The van der Waals surface area contributed by atoms with Gasteiger partial charge in [0.1, 0.15) is 0 Å². The lowest BCUT2D eigenvalue weighted by molar-refractivity contribution is -0.137. The summed E-state index contributed by atoms with van der Waals surface area (Å²) in [5.74, 6) is -0.276. The summed E-state index contributed by atoms with van der Waals surface area (Å²) in [6.07, 6.45) is -1.96. The number of rotatable bonds is 6. The van der Waals surface area contributed by atoms with Crippen LogP contribution in [0.1, 0.15) is 36.2 Å². The minimum absolute atomic E-state index is 0.0609. The predicted octanol–water partition coefficient (Wildman–Crippen LogP) is 3.54. The minimum atomic E-state index is -4.60. The van der Waals surface area contributed by atoms with E-state index < -0.39 is 23.6 Å². The molecule has 1 atom stereocenters. The molecule has 23 heavy (non-hydrogen) atoms. The van der Waals surface area contributed by atoms with Crippen molar-refractivity contribution in [2.75, 3.05) is 17.3 Å². The van der Waals surface area contributed by atoms with Gasteiger partial charge in [0.05, 0.1) is 5.56 Å². The molecule has 0 heterocycles. The molecular weight excluding hydrogens is 329 g/mol. The molecule has 0 saturated carbocycles. The van der Waals surface area contributed by atoms with Crippen molar-refractivity contribution in [3.05, 3.63) is 29.3 Å². The number of thioether (sulfide) groups is 1. The summed E-state index contributed by atoms with van der Waals surface area (Å²) in [6, 6.07) is 2.65. The molecule has 0 radical (unpaired) electrons. The van der Waals surface area contributed by atoms with E-state index >= 15 is 0 Å². The molecule has 8 heteroatoms. The van der Waals surface area contributed by atoms with Gasteiger partial charge in [-0.1, -0.05) is 0 Å². The maximum Gasteiger partial charge on any atom is 0.416 e. The zero-order valence-electron chi connectivity index (χ0n) is 13.1. The van der Waals surface area contributed by atoms with Crippen LogP contribution in [0.4, 0.5) is 18.9 Å². The van der Waals surface area contributed by atoms with Crippen LogP contribution < -0.4 is 10.6 Å². The molecule has 0 fully saturated rings. The molecule has 128 valence electrons. The van der Waals surface area contributed by atoms with Gasteiger partial charge in [0, 0.05) is 24.2 Å². The first kappa shape index (κ1) is 19.3. The Hall–Kier alpha value is -1.70. The molecule has 2 N–H and O–H groups in total. The van der Waals surface area contributed by atoms with E-state index in [2.05, 4.69) is 10.6 Å². The number of carbonyl (C=O) groups excluding carboxylic acids is 2. The van der Waals surface area contributed by atoms with E-state index in [0.717, 1.165) is 17.9 Å². The standard InChI is InChI=1S/C15H19F3N2O2S/c1-9(4-5-23-3)19-14(22)11-6-12(15(16,17)18)8-13(7-11)20-10(2)21/h6-9H,4-5H2,1-3H3,(H,19,22)(H,20,21)/t9-/m0/s1. The summed E-state index contributed by atoms with van der Waals surface area (Å²) in [5, 5.41) is 4.94. The van der Waals surface area contributed by atoms with Gasteiger partial charge in [0.25, 0.3) is 5.91 Å². The Kier molecular flexibility index (Phi) is 6.93. The third-order valence-corrected chi connectivity index (χ3v) is 3.62. The number of amides is 2. The molecule has 0 spiro atoms. The summed E-state index contributed by atoms with van der Waals surface area (Å²) < 4.78 is 38.8. The fourth-order valence-corrected chi connectivity index (χ4v) is 2.46. The van der Waals surface area contributed by atoms with E-state index in [0.29, 0.717) is 6.42 Å². The first-order valence-corrected chi connectivity index (χ1v) is 8.32. The molecule has 1 aromatic carbocycles. The maximum atomic E-state index is 12.9. The van der Waals surface area contributed by atoms with Crippen LogP contribution in [0, 0.1) is 0 Å². The Morgan fingerprint density at radius 3 is 2.43 bits per heavy atom. The van der Waals surface area contributed by atoms with Gasteiger partial charge in [-0.25, -0.2) is 0 Å². The van der Waals surface area contributed by atoms with Gasteiger partial charge >= 0.3 is 6.18 Å². The highest BCUT2D eigenvalue weighted by Crippen LogP contribution is 2.32. The number of hydrogen-bond acceptors (Lipinski definition) is 3. The highest BCUT2D eigenvalue weighted by molar-refractivity contribution is 7.98. The number of hydrogen-bond donors (Lipinski definition) is 2. The smallest absolute Gasteiger partial charge is 0.350 e. The molecule has 0 aliphatic rings. The fourth-order valence-electron chi connectivity index (χ4n) is 1.87. The van der Waals surface area contributed by atoms with E-state index in [1.54, 1.807) is 18.7 Å². The quantitative estimate of drug-likeness (QED) is 0.827. The number of alkyl halides is 3. The Morgan fingerprint density at radius 2 is 1.91 bits per heavy atom. The number of carbonyl (C=O) groups is 2. The van der Waals surface area contributed by atoms with Crippen molar-refractivity contribution in [2.45, 2.75) is 32.5 Å². The second-order valence-electron chi connectivity index (χ2n) is 5.13. The molecule has 1 rings (SSSR count). The summed E-state index contributed by atoms with van der Waals surface area (Å²) in [5.41, 5.74) is -1.18. The Balaban J connectivity index is 3.04. The van der Waals surface area contributed by atoms with Crippen LogP contribution >= 0.6 is 11.8 Å². The van der Waals surface area contributed by atoms with Crippen molar-refractivity contribution in [1.82, 2.24) is 5.32 Å². The van der Waals surface area contributed by atoms with Crippen LogP contribution in [0.3, 0.4) is 0 Å². The lowest BCUT2D eigenvalue weighted by Crippen LogP contribution is -2.33. The number of anilines is 1. The van der Waals surface area contributed by atoms with E-state index in [4.69, 9.17) is 0 Å². The molecule has 0 saturated heterocycles. The highest BCUT2D eigenvalue weighted by atomic mass is 32.2. The summed E-state index contributed by atoms with van der Waals surface area (Å²) in [7, 11) is 0. The average Bonchev–Trinajstić information content (AvgIpc) is 2.43. The van der Waals surface area contributed by atoms with E-state index in [-0.39, 0.29) is 17.3 Å². The van der Waals surface area contributed by atoms with E-state index in [1.807, 2.05) is 6.26 Å². The highest BCUT2D eigenvalue weighted by Gasteiger charge is 2.32. The fraction of sp³-hybridized carbons (Fsp3) is 0.467. The van der Waals surface area contributed by atoms with Gasteiger partial charge in [-0.2, -0.15) is 24.9 Å². The minimum Gasteiger partial charge on any atom is -0.350 e. The molecule has 2 amide bonds. The normalized spacial score (nSPS) is 12.6. The van der Waals surface area contributed by atoms with Gasteiger partial charge < -0.3 is 10.6 Å². The van der Waals surface area contributed by atoms with Crippen LogP contribution in [0.15, 0.2) is 18.2 Å². The average molecular weight is 348 g/mol. The first-order valence-electron chi connectivity index (χ1n) is 6.93. The lowest BCUT2D eigenvalue weighted by atomic mass is 10.1. The van der Waals surface area contributed by atoms with E-state index in [1.165, 1.54) is 13.0 Å². The molecule has 0 unspecified atom stereocenters.